The van der Waals surface area contributed by atoms with Crippen molar-refractivity contribution in [3.63, 3.8) is 0 Å². The summed E-state index contributed by atoms with van der Waals surface area (Å²) in [7, 11) is -3.11. The molecule has 0 aromatic carbocycles. The summed E-state index contributed by atoms with van der Waals surface area (Å²) in [5.41, 5.74) is 0. The Hall–Kier alpha value is 0.200. The highest BCUT2D eigenvalue weighted by Crippen LogP contribution is 2.36. The molecular formula is C8H16ClNO2S. The number of hydrogen-bond donors (Lipinski definition) is 1. The molecule has 1 aliphatic rings. The van der Waals surface area contributed by atoms with Crippen LogP contribution >= 0.6 is 11.6 Å². The zero-order valence-electron chi connectivity index (χ0n) is 7.79. The maximum Gasteiger partial charge on any atom is 0.212 e. The van der Waals surface area contributed by atoms with E-state index in [9.17, 15) is 8.42 Å². The Labute approximate surface area is 84.9 Å². The van der Waals surface area contributed by atoms with Gasteiger partial charge in [0.25, 0.3) is 0 Å². The lowest BCUT2D eigenvalue weighted by Crippen LogP contribution is -2.31. The molecule has 1 saturated carbocycles. The highest BCUT2D eigenvalue weighted by atomic mass is 35.5. The molecule has 0 aliphatic heterocycles. The third-order valence-corrected chi connectivity index (χ3v) is 4.16. The number of sulfonamides is 1. The van der Waals surface area contributed by atoms with Gasteiger partial charge in [0, 0.05) is 12.4 Å². The number of alkyl halides is 1. The standard InChI is InChI=1S/C8H16ClNO2S/c1-7(8-2-3-8)6-10-13(11,12)5-4-9/h7-8,10H,2-6H2,1H3. The van der Waals surface area contributed by atoms with Crippen molar-refractivity contribution >= 4 is 21.6 Å². The molecular weight excluding hydrogens is 210 g/mol. The van der Waals surface area contributed by atoms with Crippen molar-refractivity contribution in [3.8, 4) is 0 Å². The second-order valence-corrected chi connectivity index (χ2v) is 5.98. The van der Waals surface area contributed by atoms with Crippen molar-refractivity contribution < 1.29 is 8.42 Å². The lowest BCUT2D eigenvalue weighted by Gasteiger charge is -2.10. The predicted octanol–water partition coefficient (Wildman–Crippen LogP) is 1.19. The van der Waals surface area contributed by atoms with Crippen molar-refractivity contribution in [1.82, 2.24) is 4.72 Å². The Balaban J connectivity index is 2.23. The van der Waals surface area contributed by atoms with Gasteiger partial charge in [-0.05, 0) is 24.7 Å². The number of hydrogen-bond acceptors (Lipinski definition) is 2. The fraction of sp³-hybridized carbons (Fsp3) is 1.00. The highest BCUT2D eigenvalue weighted by molar-refractivity contribution is 7.89. The Bertz CT molecular complexity index is 249. The third kappa shape index (κ3) is 4.29. The summed E-state index contributed by atoms with van der Waals surface area (Å²) in [5.74, 6) is 1.38. The molecule has 0 amide bonds. The molecule has 5 heteroatoms. The van der Waals surface area contributed by atoms with Crippen LogP contribution < -0.4 is 4.72 Å². The average molecular weight is 226 g/mol. The molecule has 0 spiro atoms. The van der Waals surface area contributed by atoms with Gasteiger partial charge in [-0.1, -0.05) is 6.92 Å². The smallest absolute Gasteiger partial charge is 0.212 e. The minimum Gasteiger partial charge on any atom is -0.215 e. The second-order valence-electron chi connectivity index (χ2n) is 3.67. The Morgan fingerprint density at radius 1 is 1.54 bits per heavy atom. The van der Waals surface area contributed by atoms with Crippen molar-refractivity contribution in [2.45, 2.75) is 19.8 Å². The van der Waals surface area contributed by atoms with Gasteiger partial charge in [-0.15, -0.1) is 11.6 Å². The molecule has 0 heterocycles. The summed E-state index contributed by atoms with van der Waals surface area (Å²) >= 11 is 5.36. The first-order chi connectivity index (χ1) is 6.05. The van der Waals surface area contributed by atoms with E-state index in [-0.39, 0.29) is 11.6 Å². The van der Waals surface area contributed by atoms with Crippen LogP contribution in [0.15, 0.2) is 0 Å². The first-order valence-electron chi connectivity index (χ1n) is 4.58. The molecule has 1 N–H and O–H groups in total. The van der Waals surface area contributed by atoms with Crippen LogP contribution in [0.2, 0.25) is 0 Å². The van der Waals surface area contributed by atoms with E-state index >= 15 is 0 Å². The summed E-state index contributed by atoms with van der Waals surface area (Å²) < 4.78 is 24.9. The van der Waals surface area contributed by atoms with Crippen LogP contribution in [-0.4, -0.2) is 26.6 Å². The molecule has 0 radical (unpaired) electrons. The normalized spacial score (nSPS) is 20.2. The van der Waals surface area contributed by atoms with Crippen LogP contribution in [0.3, 0.4) is 0 Å². The minimum absolute atomic E-state index is 0.0198. The van der Waals surface area contributed by atoms with Crippen molar-refractivity contribution in [2.24, 2.45) is 11.8 Å². The van der Waals surface area contributed by atoms with Crippen LogP contribution in [0.4, 0.5) is 0 Å². The van der Waals surface area contributed by atoms with E-state index in [1.54, 1.807) is 0 Å². The van der Waals surface area contributed by atoms with Gasteiger partial charge >= 0.3 is 0 Å². The van der Waals surface area contributed by atoms with Gasteiger partial charge in [-0.2, -0.15) is 0 Å². The van der Waals surface area contributed by atoms with Crippen molar-refractivity contribution in [2.75, 3.05) is 18.2 Å². The van der Waals surface area contributed by atoms with E-state index in [2.05, 4.69) is 11.6 Å². The zero-order chi connectivity index (χ0) is 9.90. The van der Waals surface area contributed by atoms with E-state index in [4.69, 9.17) is 11.6 Å². The molecule has 1 atom stereocenters. The van der Waals surface area contributed by atoms with Gasteiger partial charge in [-0.25, -0.2) is 13.1 Å². The maximum absolute atomic E-state index is 11.2. The molecule has 1 rings (SSSR count). The fourth-order valence-electron chi connectivity index (χ4n) is 1.26. The zero-order valence-corrected chi connectivity index (χ0v) is 9.37. The molecule has 13 heavy (non-hydrogen) atoms. The average Bonchev–Trinajstić information content (AvgIpc) is 2.82. The lowest BCUT2D eigenvalue weighted by molar-refractivity contribution is 0.492. The summed E-state index contributed by atoms with van der Waals surface area (Å²) in [6, 6.07) is 0. The van der Waals surface area contributed by atoms with Crippen molar-refractivity contribution in [3.05, 3.63) is 0 Å². The van der Waals surface area contributed by atoms with Crippen LogP contribution in [0, 0.1) is 11.8 Å². The van der Waals surface area contributed by atoms with Crippen LogP contribution in [0.25, 0.3) is 0 Å². The number of halogens is 1. The molecule has 1 unspecified atom stereocenters. The second kappa shape index (κ2) is 4.62. The predicted molar refractivity (Wildman–Crippen MR) is 54.4 cm³/mol. The Morgan fingerprint density at radius 2 is 2.15 bits per heavy atom. The van der Waals surface area contributed by atoms with Crippen LogP contribution in [0.1, 0.15) is 19.8 Å². The Kier molecular flexibility index (Phi) is 4.01. The topological polar surface area (TPSA) is 46.2 Å². The van der Waals surface area contributed by atoms with Gasteiger partial charge in [0.05, 0.1) is 5.75 Å². The van der Waals surface area contributed by atoms with E-state index in [0.717, 1.165) is 5.92 Å². The van der Waals surface area contributed by atoms with Gasteiger partial charge < -0.3 is 0 Å². The van der Waals surface area contributed by atoms with E-state index < -0.39 is 10.0 Å². The summed E-state index contributed by atoms with van der Waals surface area (Å²) in [4.78, 5) is 0. The quantitative estimate of drug-likeness (QED) is 0.691. The summed E-state index contributed by atoms with van der Waals surface area (Å²) in [5, 5.41) is 0. The molecule has 0 saturated heterocycles. The molecule has 1 aliphatic carbocycles. The maximum atomic E-state index is 11.2. The fourth-order valence-corrected chi connectivity index (χ4v) is 2.74. The van der Waals surface area contributed by atoms with Gasteiger partial charge in [0.2, 0.25) is 10.0 Å². The van der Waals surface area contributed by atoms with Gasteiger partial charge in [0.15, 0.2) is 0 Å². The van der Waals surface area contributed by atoms with E-state index in [1.807, 2.05) is 0 Å². The van der Waals surface area contributed by atoms with E-state index in [1.165, 1.54) is 12.8 Å². The van der Waals surface area contributed by atoms with Crippen LogP contribution in [-0.2, 0) is 10.0 Å². The molecule has 3 nitrogen and oxygen atoms in total. The molecule has 1 fully saturated rings. The first kappa shape index (κ1) is 11.3. The third-order valence-electron chi connectivity index (χ3n) is 2.40. The SMILES string of the molecule is CC(CNS(=O)(=O)CCCl)C1CC1. The van der Waals surface area contributed by atoms with E-state index in [0.29, 0.717) is 12.5 Å². The number of rotatable bonds is 6. The highest BCUT2D eigenvalue weighted by Gasteiger charge is 2.28. The monoisotopic (exact) mass is 225 g/mol. The molecule has 0 bridgehead atoms. The number of nitrogens with one attached hydrogen (secondary N) is 1. The molecule has 0 aromatic heterocycles. The minimum atomic E-state index is -3.11. The molecule has 0 aromatic rings. The summed E-state index contributed by atoms with van der Waals surface area (Å²) in [6.07, 6.45) is 2.50. The van der Waals surface area contributed by atoms with Crippen LogP contribution in [0.5, 0.6) is 0 Å². The lowest BCUT2D eigenvalue weighted by atomic mass is 10.1. The largest absolute Gasteiger partial charge is 0.215 e. The van der Waals surface area contributed by atoms with Gasteiger partial charge in [0.1, 0.15) is 0 Å². The van der Waals surface area contributed by atoms with Crippen molar-refractivity contribution in [1.29, 1.82) is 0 Å². The molecule has 78 valence electrons. The Morgan fingerprint density at radius 3 is 2.62 bits per heavy atom. The first-order valence-corrected chi connectivity index (χ1v) is 6.77. The van der Waals surface area contributed by atoms with Gasteiger partial charge in [-0.3, -0.25) is 0 Å². The summed E-state index contributed by atoms with van der Waals surface area (Å²) in [6.45, 7) is 2.64.